The third-order valence-corrected chi connectivity index (χ3v) is 2.81. The Morgan fingerprint density at radius 3 is 3.00 bits per heavy atom. The Hall–Kier alpha value is -1.36. The zero-order valence-corrected chi connectivity index (χ0v) is 9.03. The largest absolute Gasteiger partial charge is 0.326 e. The van der Waals surface area contributed by atoms with Crippen molar-refractivity contribution in [2.75, 3.05) is 5.32 Å². The van der Waals surface area contributed by atoms with Crippen LogP contribution in [0.25, 0.3) is 0 Å². The predicted molar refractivity (Wildman–Crippen MR) is 57.0 cm³/mol. The van der Waals surface area contributed by atoms with Crippen LogP contribution in [0.3, 0.4) is 0 Å². The van der Waals surface area contributed by atoms with Crippen molar-refractivity contribution < 1.29 is 4.79 Å². The van der Waals surface area contributed by atoms with Gasteiger partial charge in [-0.3, -0.25) is 9.48 Å². The van der Waals surface area contributed by atoms with Crippen LogP contribution in [0.2, 0.25) is 0 Å². The summed E-state index contributed by atoms with van der Waals surface area (Å²) in [6.45, 7) is 2.47. The highest BCUT2D eigenvalue weighted by Crippen LogP contribution is 2.38. The highest BCUT2D eigenvalue weighted by molar-refractivity contribution is 5.94. The Morgan fingerprint density at radius 2 is 2.47 bits per heavy atom. The molecule has 15 heavy (non-hydrogen) atoms. The lowest BCUT2D eigenvalue weighted by Gasteiger charge is -2.02. The van der Waals surface area contributed by atoms with Crippen molar-refractivity contribution in [1.82, 2.24) is 9.78 Å². The van der Waals surface area contributed by atoms with Crippen molar-refractivity contribution in [1.29, 1.82) is 0 Å². The molecule has 1 aliphatic rings. The summed E-state index contributed by atoms with van der Waals surface area (Å²) in [5.74, 6) is 1.34. The van der Waals surface area contributed by atoms with Gasteiger partial charge in [-0.1, -0.05) is 6.92 Å². The number of aryl methyl sites for hydroxylation is 1. The number of nitrogens with zero attached hydrogens (tertiary/aromatic N) is 2. The fraction of sp³-hybridized carbons (Fsp3) is 0.600. The second-order valence-electron chi connectivity index (χ2n) is 4.19. The number of hydrogen-bond acceptors (Lipinski definition) is 3. The first-order chi connectivity index (χ1) is 7.11. The standard InChI is InChI=1S/C10H16N4O/c1-6-3-8(6)10(15)12-9-7(4-11)5-14(2)13-9/h5-6,8H,3-4,11H2,1-2H3,(H,12,13,15). The molecule has 1 amide bonds. The lowest BCUT2D eigenvalue weighted by Crippen LogP contribution is -2.16. The highest BCUT2D eigenvalue weighted by atomic mass is 16.2. The van der Waals surface area contributed by atoms with E-state index in [1.165, 1.54) is 0 Å². The SMILES string of the molecule is CC1CC1C(=O)Nc1nn(C)cc1CN. The van der Waals surface area contributed by atoms with Gasteiger partial charge in [-0.05, 0) is 12.3 Å². The van der Waals surface area contributed by atoms with E-state index in [1.807, 2.05) is 13.2 Å². The molecule has 0 radical (unpaired) electrons. The average molecular weight is 208 g/mol. The van der Waals surface area contributed by atoms with Gasteiger partial charge in [0.25, 0.3) is 0 Å². The van der Waals surface area contributed by atoms with Gasteiger partial charge in [-0.15, -0.1) is 0 Å². The number of carbonyl (C=O) groups excluding carboxylic acids is 1. The molecule has 82 valence electrons. The van der Waals surface area contributed by atoms with Crippen molar-refractivity contribution in [2.24, 2.45) is 24.6 Å². The molecule has 1 aromatic rings. The molecule has 0 aliphatic heterocycles. The second kappa shape index (κ2) is 3.66. The maximum Gasteiger partial charge on any atom is 0.228 e. The van der Waals surface area contributed by atoms with E-state index in [9.17, 15) is 4.79 Å². The molecular formula is C10H16N4O. The van der Waals surface area contributed by atoms with Gasteiger partial charge in [0.05, 0.1) is 0 Å². The fourth-order valence-electron chi connectivity index (χ4n) is 1.69. The molecule has 2 atom stereocenters. The predicted octanol–water partition coefficient (Wildman–Crippen LogP) is 0.473. The molecule has 1 fully saturated rings. The minimum Gasteiger partial charge on any atom is -0.326 e. The molecule has 0 saturated heterocycles. The van der Waals surface area contributed by atoms with Gasteiger partial charge in [0, 0.05) is 31.3 Å². The van der Waals surface area contributed by atoms with E-state index >= 15 is 0 Å². The van der Waals surface area contributed by atoms with Crippen LogP contribution in [-0.4, -0.2) is 15.7 Å². The topological polar surface area (TPSA) is 72.9 Å². The highest BCUT2D eigenvalue weighted by Gasteiger charge is 2.39. The van der Waals surface area contributed by atoms with Gasteiger partial charge in [0.1, 0.15) is 0 Å². The van der Waals surface area contributed by atoms with Crippen LogP contribution in [0.5, 0.6) is 0 Å². The lowest BCUT2D eigenvalue weighted by atomic mass is 10.3. The molecule has 5 nitrogen and oxygen atoms in total. The van der Waals surface area contributed by atoms with Crippen LogP contribution >= 0.6 is 0 Å². The van der Waals surface area contributed by atoms with Gasteiger partial charge in [-0.2, -0.15) is 5.10 Å². The summed E-state index contributed by atoms with van der Waals surface area (Å²) in [6, 6.07) is 0. The van der Waals surface area contributed by atoms with Crippen molar-refractivity contribution in [3.63, 3.8) is 0 Å². The first kappa shape index (κ1) is 10.2. The molecule has 2 unspecified atom stereocenters. The Balaban J connectivity index is 2.06. The monoisotopic (exact) mass is 208 g/mol. The van der Waals surface area contributed by atoms with E-state index in [0.717, 1.165) is 12.0 Å². The van der Waals surface area contributed by atoms with Gasteiger partial charge in [0.2, 0.25) is 5.91 Å². The Kier molecular flexibility index (Phi) is 2.48. The average Bonchev–Trinajstić information content (AvgIpc) is 2.80. The first-order valence-corrected chi connectivity index (χ1v) is 5.15. The van der Waals surface area contributed by atoms with Crippen LogP contribution < -0.4 is 11.1 Å². The zero-order valence-electron chi connectivity index (χ0n) is 9.03. The molecule has 0 aromatic carbocycles. The van der Waals surface area contributed by atoms with Crippen LogP contribution in [0, 0.1) is 11.8 Å². The van der Waals surface area contributed by atoms with E-state index < -0.39 is 0 Å². The van der Waals surface area contributed by atoms with E-state index in [1.54, 1.807) is 4.68 Å². The number of hydrogen-bond donors (Lipinski definition) is 2. The molecule has 0 spiro atoms. The Bertz CT molecular complexity index is 385. The molecule has 2 rings (SSSR count). The van der Waals surface area contributed by atoms with Crippen molar-refractivity contribution in [3.8, 4) is 0 Å². The number of amides is 1. The number of rotatable bonds is 3. The number of anilines is 1. The van der Waals surface area contributed by atoms with Crippen LogP contribution in [0.1, 0.15) is 18.9 Å². The smallest absolute Gasteiger partial charge is 0.228 e. The van der Waals surface area contributed by atoms with E-state index in [2.05, 4.69) is 17.3 Å². The first-order valence-electron chi connectivity index (χ1n) is 5.15. The van der Waals surface area contributed by atoms with E-state index in [-0.39, 0.29) is 11.8 Å². The molecule has 1 saturated carbocycles. The van der Waals surface area contributed by atoms with E-state index in [0.29, 0.717) is 18.3 Å². The van der Waals surface area contributed by atoms with Gasteiger partial charge in [-0.25, -0.2) is 0 Å². The van der Waals surface area contributed by atoms with Crippen LogP contribution in [0.15, 0.2) is 6.20 Å². The third kappa shape index (κ3) is 2.02. The molecular weight excluding hydrogens is 192 g/mol. The summed E-state index contributed by atoms with van der Waals surface area (Å²) in [6.07, 6.45) is 2.81. The minimum atomic E-state index is 0.0656. The maximum atomic E-state index is 11.7. The summed E-state index contributed by atoms with van der Waals surface area (Å²) in [4.78, 5) is 11.7. The molecule has 1 heterocycles. The molecule has 3 N–H and O–H groups in total. The van der Waals surface area contributed by atoms with Crippen LogP contribution in [0.4, 0.5) is 5.82 Å². The van der Waals surface area contributed by atoms with E-state index in [4.69, 9.17) is 5.73 Å². The normalized spacial score (nSPS) is 23.9. The fourth-order valence-corrected chi connectivity index (χ4v) is 1.69. The van der Waals surface area contributed by atoms with Gasteiger partial charge < -0.3 is 11.1 Å². The summed E-state index contributed by atoms with van der Waals surface area (Å²) >= 11 is 0. The summed E-state index contributed by atoms with van der Waals surface area (Å²) in [5.41, 5.74) is 6.43. The number of nitrogens with one attached hydrogen (secondary N) is 1. The molecule has 0 bridgehead atoms. The van der Waals surface area contributed by atoms with Crippen LogP contribution in [-0.2, 0) is 18.4 Å². The van der Waals surface area contributed by atoms with Gasteiger partial charge in [0.15, 0.2) is 5.82 Å². The summed E-state index contributed by atoms with van der Waals surface area (Å²) in [7, 11) is 1.81. The van der Waals surface area contributed by atoms with Crippen molar-refractivity contribution in [3.05, 3.63) is 11.8 Å². The molecule has 5 heteroatoms. The minimum absolute atomic E-state index is 0.0656. The number of aromatic nitrogens is 2. The maximum absolute atomic E-state index is 11.7. The van der Waals surface area contributed by atoms with Crippen molar-refractivity contribution in [2.45, 2.75) is 19.9 Å². The lowest BCUT2D eigenvalue weighted by molar-refractivity contribution is -0.117. The van der Waals surface area contributed by atoms with Crippen molar-refractivity contribution >= 4 is 11.7 Å². The quantitative estimate of drug-likeness (QED) is 0.758. The Morgan fingerprint density at radius 1 is 1.80 bits per heavy atom. The molecule has 1 aliphatic carbocycles. The summed E-state index contributed by atoms with van der Waals surface area (Å²) in [5, 5.41) is 6.99. The molecule has 1 aromatic heterocycles. The Labute approximate surface area is 88.6 Å². The third-order valence-electron chi connectivity index (χ3n) is 2.81. The number of nitrogens with two attached hydrogens (primary N) is 1. The second-order valence-corrected chi connectivity index (χ2v) is 4.19. The zero-order chi connectivity index (χ0) is 11.0. The van der Waals surface area contributed by atoms with Gasteiger partial charge >= 0.3 is 0 Å². The summed E-state index contributed by atoms with van der Waals surface area (Å²) < 4.78 is 1.66. The number of carbonyl (C=O) groups is 1.